The summed E-state index contributed by atoms with van der Waals surface area (Å²) in [5, 5.41) is 0. The molecule has 0 bridgehead atoms. The van der Waals surface area contributed by atoms with Crippen molar-refractivity contribution in [3.63, 3.8) is 0 Å². The second-order valence-corrected chi connectivity index (χ2v) is 10.5. The van der Waals surface area contributed by atoms with Crippen molar-refractivity contribution in [2.45, 2.75) is 60.6 Å². The average molecular weight is 415 g/mol. The minimum atomic E-state index is -3.68. The summed E-state index contributed by atoms with van der Waals surface area (Å²) in [7, 11) is -3.68. The first-order valence-electron chi connectivity index (χ1n) is 9.37. The van der Waals surface area contributed by atoms with Crippen LogP contribution in [0.15, 0.2) is 45.9 Å². The van der Waals surface area contributed by atoms with Gasteiger partial charge in [0.15, 0.2) is 5.82 Å². The van der Waals surface area contributed by atoms with Crippen LogP contribution in [-0.2, 0) is 15.3 Å². The van der Waals surface area contributed by atoms with Gasteiger partial charge in [-0.05, 0) is 43.4 Å². The van der Waals surface area contributed by atoms with E-state index < -0.39 is 9.84 Å². The van der Waals surface area contributed by atoms with E-state index in [-0.39, 0.29) is 14.7 Å². The normalized spacial score (nSPS) is 16.8. The Labute approximate surface area is 169 Å². The van der Waals surface area contributed by atoms with Gasteiger partial charge in [-0.25, -0.2) is 18.4 Å². The number of aryl methyl sites for hydroxylation is 1. The fraction of sp³-hybridized carbons (Fsp3) is 0.400. The van der Waals surface area contributed by atoms with Gasteiger partial charge in [-0.15, -0.1) is 0 Å². The molecule has 0 radical (unpaired) electrons. The van der Waals surface area contributed by atoms with Crippen molar-refractivity contribution in [2.24, 2.45) is 0 Å². The summed E-state index contributed by atoms with van der Waals surface area (Å²) in [5.74, 6) is 0.295. The molecule has 8 heteroatoms. The molecule has 1 aromatic carbocycles. The molecule has 0 aliphatic heterocycles. The zero-order valence-corrected chi connectivity index (χ0v) is 17.6. The molecular weight excluding hydrogens is 392 g/mol. The van der Waals surface area contributed by atoms with Crippen LogP contribution in [0, 0.1) is 6.92 Å². The number of rotatable bonds is 4. The molecule has 0 unspecified atom stereocenters. The van der Waals surface area contributed by atoms with E-state index in [0.29, 0.717) is 11.5 Å². The topological polar surface area (TPSA) is 85.7 Å². The van der Waals surface area contributed by atoms with Gasteiger partial charge in [0.05, 0.1) is 16.8 Å². The van der Waals surface area contributed by atoms with Crippen molar-refractivity contribution in [1.82, 2.24) is 19.3 Å². The van der Waals surface area contributed by atoms with E-state index >= 15 is 0 Å². The first kappa shape index (κ1) is 19.1. The van der Waals surface area contributed by atoms with Crippen LogP contribution in [0.4, 0.5) is 0 Å². The van der Waals surface area contributed by atoms with Crippen molar-refractivity contribution < 1.29 is 8.42 Å². The first-order valence-corrected chi connectivity index (χ1v) is 11.6. The van der Waals surface area contributed by atoms with Crippen molar-refractivity contribution in [1.29, 1.82) is 0 Å². The summed E-state index contributed by atoms with van der Waals surface area (Å²) < 4.78 is 29.7. The Bertz CT molecular complexity index is 1070. The summed E-state index contributed by atoms with van der Waals surface area (Å²) in [6.07, 6.45) is 9.39. The molecule has 1 fully saturated rings. The largest absolute Gasteiger partial charge is 0.257 e. The first-order chi connectivity index (χ1) is 13.4. The number of sulfone groups is 1. The molecule has 146 valence electrons. The summed E-state index contributed by atoms with van der Waals surface area (Å²) in [6.45, 7) is 4.15. The molecule has 1 aliphatic carbocycles. The molecule has 0 atom stereocenters. The number of nitrogens with zero attached hydrogens (tertiary/aromatic N) is 4. The SMILES string of the molecule is Cc1ccc(S(=O)(=O)c2nc(-c3cnc(C4(C)CCCCC4)cn3)ns2)cc1. The lowest BCUT2D eigenvalue weighted by molar-refractivity contribution is 0.311. The summed E-state index contributed by atoms with van der Waals surface area (Å²) in [6, 6.07) is 6.71. The fourth-order valence-electron chi connectivity index (χ4n) is 3.58. The number of hydrogen-bond donors (Lipinski definition) is 0. The van der Waals surface area contributed by atoms with Crippen LogP contribution in [0.1, 0.15) is 50.3 Å². The predicted molar refractivity (Wildman–Crippen MR) is 108 cm³/mol. The Morgan fingerprint density at radius 1 is 1.00 bits per heavy atom. The lowest BCUT2D eigenvalue weighted by atomic mass is 9.73. The molecule has 6 nitrogen and oxygen atoms in total. The highest BCUT2D eigenvalue weighted by Crippen LogP contribution is 2.37. The van der Waals surface area contributed by atoms with Gasteiger partial charge in [0.2, 0.25) is 14.2 Å². The van der Waals surface area contributed by atoms with Crippen LogP contribution >= 0.6 is 11.5 Å². The number of aromatic nitrogens is 4. The summed E-state index contributed by atoms with van der Waals surface area (Å²) in [5.41, 5.74) is 2.54. The average Bonchev–Trinajstić information content (AvgIpc) is 3.20. The van der Waals surface area contributed by atoms with Crippen LogP contribution in [-0.4, -0.2) is 27.7 Å². The maximum atomic E-state index is 12.8. The Kier molecular flexibility index (Phi) is 5.01. The van der Waals surface area contributed by atoms with Crippen LogP contribution < -0.4 is 0 Å². The highest BCUT2D eigenvalue weighted by atomic mass is 32.2. The minimum absolute atomic E-state index is 0.0310. The zero-order chi connectivity index (χ0) is 19.8. The Balaban J connectivity index is 1.60. The molecule has 1 saturated carbocycles. The second-order valence-electron chi connectivity index (χ2n) is 7.61. The van der Waals surface area contributed by atoms with Gasteiger partial charge in [-0.3, -0.25) is 4.98 Å². The van der Waals surface area contributed by atoms with Gasteiger partial charge >= 0.3 is 0 Å². The maximum Gasteiger partial charge on any atom is 0.235 e. The lowest BCUT2D eigenvalue weighted by Gasteiger charge is -2.32. The van der Waals surface area contributed by atoms with Crippen LogP contribution in [0.25, 0.3) is 11.5 Å². The van der Waals surface area contributed by atoms with Gasteiger partial charge in [-0.2, -0.15) is 4.37 Å². The van der Waals surface area contributed by atoms with Crippen molar-refractivity contribution >= 4 is 21.4 Å². The highest BCUT2D eigenvalue weighted by molar-refractivity contribution is 7.93. The fourth-order valence-corrected chi connectivity index (χ4v) is 5.71. The van der Waals surface area contributed by atoms with Gasteiger partial charge in [0.1, 0.15) is 5.69 Å². The van der Waals surface area contributed by atoms with Crippen molar-refractivity contribution in [3.8, 4) is 11.5 Å². The molecule has 3 aromatic rings. The van der Waals surface area contributed by atoms with Crippen LogP contribution in [0.2, 0.25) is 0 Å². The molecule has 0 saturated heterocycles. The maximum absolute atomic E-state index is 12.8. The quantitative estimate of drug-likeness (QED) is 0.630. The Morgan fingerprint density at radius 2 is 1.71 bits per heavy atom. The smallest absolute Gasteiger partial charge is 0.235 e. The van der Waals surface area contributed by atoms with E-state index in [1.54, 1.807) is 36.7 Å². The van der Waals surface area contributed by atoms with Crippen molar-refractivity contribution in [3.05, 3.63) is 47.9 Å². The predicted octanol–water partition coefficient (Wildman–Crippen LogP) is 4.36. The highest BCUT2D eigenvalue weighted by Gasteiger charge is 2.30. The van der Waals surface area contributed by atoms with E-state index in [9.17, 15) is 8.42 Å². The Hall–Kier alpha value is -2.19. The van der Waals surface area contributed by atoms with Crippen LogP contribution in [0.3, 0.4) is 0 Å². The van der Waals surface area contributed by atoms with Gasteiger partial charge in [0.25, 0.3) is 0 Å². The molecule has 28 heavy (non-hydrogen) atoms. The minimum Gasteiger partial charge on any atom is -0.257 e. The van der Waals surface area contributed by atoms with E-state index in [1.807, 2.05) is 6.92 Å². The molecule has 0 spiro atoms. The molecular formula is C20H22N4O2S2. The molecule has 0 amide bonds. The third-order valence-corrected chi connectivity index (χ3v) is 8.26. The molecule has 1 aliphatic rings. The number of benzene rings is 1. The van der Waals surface area contributed by atoms with Gasteiger partial charge in [0, 0.05) is 11.6 Å². The monoisotopic (exact) mass is 414 g/mol. The van der Waals surface area contributed by atoms with Gasteiger partial charge < -0.3 is 0 Å². The lowest BCUT2D eigenvalue weighted by Crippen LogP contribution is -2.26. The zero-order valence-electron chi connectivity index (χ0n) is 15.9. The van der Waals surface area contributed by atoms with E-state index in [0.717, 1.165) is 35.6 Å². The second kappa shape index (κ2) is 7.33. The molecule has 2 aromatic heterocycles. The van der Waals surface area contributed by atoms with Gasteiger partial charge in [-0.1, -0.05) is 43.9 Å². The third kappa shape index (κ3) is 3.58. The molecule has 2 heterocycles. The third-order valence-electron chi connectivity index (χ3n) is 5.42. The standard InChI is InChI=1S/C20H22N4O2S2/c1-14-6-8-15(9-7-14)28(25,26)19-23-18(24-27-19)16-12-22-17(13-21-16)20(2)10-4-3-5-11-20/h6-9,12-13H,3-5,10-11H2,1-2H3. The summed E-state index contributed by atoms with van der Waals surface area (Å²) >= 11 is 0.865. The molecule has 4 rings (SSSR count). The summed E-state index contributed by atoms with van der Waals surface area (Å²) in [4.78, 5) is 13.5. The van der Waals surface area contributed by atoms with E-state index in [4.69, 9.17) is 0 Å². The molecule has 0 N–H and O–H groups in total. The van der Waals surface area contributed by atoms with Crippen molar-refractivity contribution in [2.75, 3.05) is 0 Å². The Morgan fingerprint density at radius 3 is 2.36 bits per heavy atom. The van der Waals surface area contributed by atoms with E-state index in [2.05, 4.69) is 26.2 Å². The van der Waals surface area contributed by atoms with Crippen LogP contribution in [0.5, 0.6) is 0 Å². The van der Waals surface area contributed by atoms with E-state index in [1.165, 1.54) is 19.3 Å². The number of hydrogen-bond acceptors (Lipinski definition) is 7.